The predicted molar refractivity (Wildman–Crippen MR) is 137 cm³/mol. The van der Waals surface area contributed by atoms with Gasteiger partial charge in [-0.2, -0.15) is 0 Å². The van der Waals surface area contributed by atoms with E-state index in [4.69, 9.17) is 21.1 Å². The lowest BCUT2D eigenvalue weighted by atomic mass is 10.2. The molecule has 1 saturated heterocycles. The van der Waals surface area contributed by atoms with Crippen LogP contribution < -0.4 is 14.8 Å². The lowest BCUT2D eigenvalue weighted by Crippen LogP contribution is -2.36. The first-order valence-corrected chi connectivity index (χ1v) is 11.8. The highest BCUT2D eigenvalue weighted by Crippen LogP contribution is 2.37. The van der Waals surface area contributed by atoms with E-state index in [1.54, 1.807) is 6.07 Å². The Hall–Kier alpha value is -4.49. The van der Waals surface area contributed by atoms with Crippen LogP contribution in [0.2, 0.25) is 5.02 Å². The maximum atomic E-state index is 13.3. The summed E-state index contributed by atoms with van der Waals surface area (Å²) in [6.45, 7) is -0.560. The molecular formula is C24H16ClFN4O7S. The number of amides is 3. The van der Waals surface area contributed by atoms with Crippen LogP contribution in [0.5, 0.6) is 17.4 Å². The molecule has 0 aliphatic carbocycles. The lowest BCUT2D eigenvalue weighted by molar-refractivity contribution is -0.386. The summed E-state index contributed by atoms with van der Waals surface area (Å²) in [5, 5.41) is 12.8. The van der Waals surface area contributed by atoms with Crippen molar-refractivity contribution in [3.8, 4) is 17.4 Å². The number of carbonyl (C=O) groups is 3. The number of carbonyl (C=O) groups excluding carboxylic acids is 3. The number of hydrogen-bond acceptors (Lipinski definition) is 9. The van der Waals surface area contributed by atoms with Crippen LogP contribution in [0.1, 0.15) is 5.56 Å². The van der Waals surface area contributed by atoms with Gasteiger partial charge in [0.05, 0.1) is 22.0 Å². The average Bonchev–Trinajstić information content (AvgIpc) is 3.14. The zero-order valence-corrected chi connectivity index (χ0v) is 20.9. The topological polar surface area (TPSA) is 141 Å². The Labute approximate surface area is 223 Å². The molecule has 1 aromatic heterocycles. The summed E-state index contributed by atoms with van der Waals surface area (Å²) in [6, 6.07) is 10.7. The molecule has 1 aliphatic heterocycles. The van der Waals surface area contributed by atoms with E-state index in [0.29, 0.717) is 17.3 Å². The largest absolute Gasteiger partial charge is 0.493 e. The highest BCUT2D eigenvalue weighted by molar-refractivity contribution is 8.18. The molecule has 0 radical (unpaired) electrons. The number of nitro groups is 1. The average molecular weight is 559 g/mol. The van der Waals surface area contributed by atoms with Crippen molar-refractivity contribution in [2.45, 2.75) is 0 Å². The van der Waals surface area contributed by atoms with Crippen molar-refractivity contribution < 1.29 is 33.2 Å². The first kappa shape index (κ1) is 26.6. The van der Waals surface area contributed by atoms with Gasteiger partial charge in [0.15, 0.2) is 11.5 Å². The molecule has 0 saturated carbocycles. The number of pyridine rings is 1. The summed E-state index contributed by atoms with van der Waals surface area (Å²) in [5.74, 6) is -1.92. The van der Waals surface area contributed by atoms with Crippen LogP contribution in [0.15, 0.2) is 59.6 Å². The fourth-order valence-corrected chi connectivity index (χ4v) is 4.29. The molecule has 1 N–H and O–H groups in total. The zero-order chi connectivity index (χ0) is 27.4. The van der Waals surface area contributed by atoms with Gasteiger partial charge in [-0.15, -0.1) is 0 Å². The van der Waals surface area contributed by atoms with E-state index in [1.165, 1.54) is 55.8 Å². The summed E-state index contributed by atoms with van der Waals surface area (Å²) in [4.78, 5) is 52.9. The highest BCUT2D eigenvalue weighted by atomic mass is 35.5. The molecule has 1 fully saturated rings. The summed E-state index contributed by atoms with van der Waals surface area (Å²) in [6.07, 6.45) is 2.77. The number of anilines is 1. The maximum Gasteiger partial charge on any atom is 0.331 e. The summed E-state index contributed by atoms with van der Waals surface area (Å²) < 4.78 is 24.2. The van der Waals surface area contributed by atoms with Crippen molar-refractivity contribution in [1.29, 1.82) is 0 Å². The third-order valence-electron chi connectivity index (χ3n) is 5.02. The smallest absolute Gasteiger partial charge is 0.331 e. The fraction of sp³-hybridized carbons (Fsp3) is 0.0833. The number of nitrogens with one attached hydrogen (secondary N) is 1. The van der Waals surface area contributed by atoms with Gasteiger partial charge >= 0.3 is 5.69 Å². The molecule has 3 amide bonds. The van der Waals surface area contributed by atoms with E-state index in [1.807, 2.05) is 0 Å². The number of imide groups is 1. The Bertz CT molecular complexity index is 1500. The predicted octanol–water partition coefficient (Wildman–Crippen LogP) is 5.26. The molecule has 0 spiro atoms. The van der Waals surface area contributed by atoms with Gasteiger partial charge in [0.25, 0.3) is 17.0 Å². The molecule has 14 heteroatoms. The van der Waals surface area contributed by atoms with Crippen LogP contribution in [-0.2, 0) is 9.59 Å². The Morgan fingerprint density at radius 3 is 2.74 bits per heavy atom. The van der Waals surface area contributed by atoms with Crippen LogP contribution in [0.3, 0.4) is 0 Å². The first-order valence-electron chi connectivity index (χ1n) is 10.6. The van der Waals surface area contributed by atoms with Crippen molar-refractivity contribution in [1.82, 2.24) is 9.88 Å². The quantitative estimate of drug-likeness (QED) is 0.222. The van der Waals surface area contributed by atoms with Gasteiger partial charge in [-0.05, 0) is 59.8 Å². The number of rotatable bonds is 8. The van der Waals surface area contributed by atoms with Gasteiger partial charge in [0, 0.05) is 18.0 Å². The Kier molecular flexibility index (Phi) is 7.88. The van der Waals surface area contributed by atoms with Gasteiger partial charge in [-0.1, -0.05) is 17.7 Å². The van der Waals surface area contributed by atoms with Crippen LogP contribution in [0.25, 0.3) is 6.08 Å². The molecular weight excluding hydrogens is 543 g/mol. The minimum Gasteiger partial charge on any atom is -0.493 e. The van der Waals surface area contributed by atoms with E-state index in [-0.39, 0.29) is 38.7 Å². The van der Waals surface area contributed by atoms with Crippen molar-refractivity contribution >= 4 is 57.9 Å². The fourth-order valence-electron chi connectivity index (χ4n) is 3.27. The minimum atomic E-state index is -0.685. The van der Waals surface area contributed by atoms with E-state index < -0.39 is 34.3 Å². The molecule has 11 nitrogen and oxygen atoms in total. The number of hydrogen-bond donors (Lipinski definition) is 1. The van der Waals surface area contributed by atoms with Crippen molar-refractivity contribution in [2.24, 2.45) is 0 Å². The second-order valence-electron chi connectivity index (χ2n) is 7.54. The van der Waals surface area contributed by atoms with E-state index in [9.17, 15) is 28.9 Å². The maximum absolute atomic E-state index is 13.3. The lowest BCUT2D eigenvalue weighted by Gasteiger charge is -2.12. The molecule has 2 aromatic carbocycles. The first-order chi connectivity index (χ1) is 18.2. The summed E-state index contributed by atoms with van der Waals surface area (Å²) in [5.41, 5.74) is 0.328. The van der Waals surface area contributed by atoms with Gasteiger partial charge in [-0.3, -0.25) is 29.4 Å². The van der Waals surface area contributed by atoms with Crippen LogP contribution in [-0.4, -0.2) is 45.5 Å². The SMILES string of the molecule is COc1cc(/C=C2\SC(=O)N(CC(=O)Nc3ccc(F)c(Cl)c3)C2=O)ccc1Oc1ncccc1[N+](=O)[O-]. The van der Waals surface area contributed by atoms with E-state index >= 15 is 0 Å². The third kappa shape index (κ3) is 5.90. The normalized spacial score (nSPS) is 14.1. The number of aromatic nitrogens is 1. The second-order valence-corrected chi connectivity index (χ2v) is 8.94. The van der Waals surface area contributed by atoms with Gasteiger partial charge in [0.1, 0.15) is 12.4 Å². The zero-order valence-electron chi connectivity index (χ0n) is 19.3. The second kappa shape index (κ2) is 11.3. The van der Waals surface area contributed by atoms with Crippen molar-refractivity contribution in [3.05, 3.63) is 86.2 Å². The molecule has 0 atom stereocenters. The molecule has 38 heavy (non-hydrogen) atoms. The van der Waals surface area contributed by atoms with E-state index in [2.05, 4.69) is 10.3 Å². The van der Waals surface area contributed by atoms with Crippen LogP contribution in [0, 0.1) is 15.9 Å². The van der Waals surface area contributed by atoms with Crippen LogP contribution >= 0.6 is 23.4 Å². The Morgan fingerprint density at radius 2 is 2.03 bits per heavy atom. The van der Waals surface area contributed by atoms with Gasteiger partial charge in [-0.25, -0.2) is 9.37 Å². The van der Waals surface area contributed by atoms with Crippen molar-refractivity contribution in [3.63, 3.8) is 0 Å². The molecule has 4 rings (SSSR count). The van der Waals surface area contributed by atoms with Crippen LogP contribution in [0.4, 0.5) is 20.6 Å². The molecule has 1 aliphatic rings. The van der Waals surface area contributed by atoms with Gasteiger partial charge in [0.2, 0.25) is 5.91 Å². The van der Waals surface area contributed by atoms with Crippen molar-refractivity contribution in [2.75, 3.05) is 19.0 Å². The number of ether oxygens (including phenoxy) is 2. The molecule has 0 bridgehead atoms. The molecule has 2 heterocycles. The third-order valence-corrected chi connectivity index (χ3v) is 6.22. The number of benzene rings is 2. The molecule has 0 unspecified atom stereocenters. The summed E-state index contributed by atoms with van der Waals surface area (Å²) >= 11 is 6.34. The highest BCUT2D eigenvalue weighted by Gasteiger charge is 2.36. The summed E-state index contributed by atoms with van der Waals surface area (Å²) in [7, 11) is 1.36. The Morgan fingerprint density at radius 1 is 1.24 bits per heavy atom. The standard InChI is InChI=1S/C24H16ClFN4O7S/c1-36-19-9-13(4-7-18(19)37-22-17(30(34)35)3-2-8-27-22)10-20-23(32)29(24(33)38-20)12-21(31)28-14-5-6-16(26)15(25)11-14/h2-11H,12H2,1H3,(H,28,31)/b20-10-. The number of halogens is 2. The number of thioether (sulfide) groups is 1. The van der Waals surface area contributed by atoms with Gasteiger partial charge < -0.3 is 14.8 Å². The number of methoxy groups -OCH3 is 1. The molecule has 3 aromatic rings. The minimum absolute atomic E-state index is 0.0590. The monoisotopic (exact) mass is 558 g/mol. The number of nitrogens with zero attached hydrogens (tertiary/aromatic N) is 3. The molecule has 194 valence electrons. The Balaban J connectivity index is 1.48. The van der Waals surface area contributed by atoms with E-state index in [0.717, 1.165) is 11.0 Å².